The van der Waals surface area contributed by atoms with Crippen LogP contribution in [0.3, 0.4) is 0 Å². The Morgan fingerprint density at radius 1 is 0.882 bits per heavy atom. The summed E-state index contributed by atoms with van der Waals surface area (Å²) in [5.74, 6) is 0.443. The van der Waals surface area contributed by atoms with Gasteiger partial charge in [-0.3, -0.25) is 4.79 Å². The van der Waals surface area contributed by atoms with E-state index in [1.54, 1.807) is 30.5 Å². The molecule has 0 unspecified atom stereocenters. The van der Waals surface area contributed by atoms with Gasteiger partial charge >= 0.3 is 0 Å². The molecule has 5 rings (SSSR count). The molecule has 5 heteroatoms. The summed E-state index contributed by atoms with van der Waals surface area (Å²) in [4.78, 5) is 12.5. The molecule has 1 aromatic heterocycles. The second-order valence-electron chi connectivity index (χ2n) is 8.04. The maximum Gasteiger partial charge on any atom is 0.271 e. The molecule has 0 spiro atoms. The van der Waals surface area contributed by atoms with Crippen molar-refractivity contribution in [2.45, 2.75) is 20.1 Å². The number of carbonyl (C=O) groups excluding carboxylic acids is 1. The summed E-state index contributed by atoms with van der Waals surface area (Å²) < 4.78 is 8.08. The van der Waals surface area contributed by atoms with Gasteiger partial charge in [-0.1, -0.05) is 54.6 Å². The van der Waals surface area contributed by atoms with Gasteiger partial charge in [0.1, 0.15) is 12.4 Å². The van der Waals surface area contributed by atoms with Crippen molar-refractivity contribution in [1.29, 1.82) is 0 Å². The Kier molecular flexibility index (Phi) is 6.08. The van der Waals surface area contributed by atoms with Gasteiger partial charge in [0.15, 0.2) is 0 Å². The van der Waals surface area contributed by atoms with Crippen LogP contribution in [0.15, 0.2) is 102 Å². The van der Waals surface area contributed by atoms with Gasteiger partial charge in [0, 0.05) is 33.9 Å². The number of fused-ring (bicyclic) bond motifs is 3. The number of ether oxygens (including phenoxy) is 1. The standard InChI is InChI=1S/C29H25N3O2/c1-2-32-27-11-7-6-10-25(27)26-18-22(12-17-28(26)32)19-30-31-29(33)23-13-15-24(16-14-23)34-20-21-8-4-3-5-9-21/h3-19H,2,20H2,1H3,(H,31,33)/b30-19+. The van der Waals surface area contributed by atoms with Crippen molar-refractivity contribution in [2.75, 3.05) is 0 Å². The molecule has 0 aliphatic rings. The van der Waals surface area contributed by atoms with Crippen LogP contribution in [0.4, 0.5) is 0 Å². The molecule has 0 bridgehead atoms. The van der Waals surface area contributed by atoms with E-state index in [0.29, 0.717) is 17.9 Å². The molecule has 1 N–H and O–H groups in total. The number of hydrogen-bond acceptors (Lipinski definition) is 3. The summed E-state index contributed by atoms with van der Waals surface area (Å²) in [6, 6.07) is 31.6. The average molecular weight is 448 g/mol. The monoisotopic (exact) mass is 447 g/mol. The van der Waals surface area contributed by atoms with E-state index in [4.69, 9.17) is 4.74 Å². The highest BCUT2D eigenvalue weighted by Crippen LogP contribution is 2.29. The normalized spacial score (nSPS) is 11.3. The summed E-state index contributed by atoms with van der Waals surface area (Å²) >= 11 is 0. The van der Waals surface area contributed by atoms with Crippen LogP contribution in [-0.4, -0.2) is 16.7 Å². The van der Waals surface area contributed by atoms with Crippen LogP contribution >= 0.6 is 0 Å². The molecule has 0 fully saturated rings. The fourth-order valence-corrected chi connectivity index (χ4v) is 4.17. The van der Waals surface area contributed by atoms with Gasteiger partial charge in [0.05, 0.1) is 6.21 Å². The molecule has 168 valence electrons. The highest BCUT2D eigenvalue weighted by Gasteiger charge is 2.09. The van der Waals surface area contributed by atoms with Crippen molar-refractivity contribution in [2.24, 2.45) is 5.10 Å². The Morgan fingerprint density at radius 3 is 2.41 bits per heavy atom. The second kappa shape index (κ2) is 9.63. The molecule has 0 saturated heterocycles. The third-order valence-electron chi connectivity index (χ3n) is 5.86. The zero-order valence-corrected chi connectivity index (χ0v) is 18.9. The smallest absolute Gasteiger partial charge is 0.271 e. The van der Waals surface area contributed by atoms with Gasteiger partial charge in [-0.25, -0.2) is 5.43 Å². The Bertz CT molecular complexity index is 1470. The number of aryl methyl sites for hydroxylation is 1. The van der Waals surface area contributed by atoms with Crippen molar-refractivity contribution < 1.29 is 9.53 Å². The van der Waals surface area contributed by atoms with E-state index in [1.165, 1.54) is 21.8 Å². The van der Waals surface area contributed by atoms with Gasteiger partial charge in [-0.05, 0) is 60.5 Å². The first kappa shape index (κ1) is 21.5. The molecule has 5 aromatic rings. The zero-order valence-electron chi connectivity index (χ0n) is 18.9. The Labute approximate surface area is 198 Å². The van der Waals surface area contributed by atoms with Gasteiger partial charge < -0.3 is 9.30 Å². The van der Waals surface area contributed by atoms with Crippen LogP contribution in [0.2, 0.25) is 0 Å². The summed E-state index contributed by atoms with van der Waals surface area (Å²) in [6.45, 7) is 3.54. The van der Waals surface area contributed by atoms with Gasteiger partial charge in [-0.15, -0.1) is 0 Å². The third-order valence-corrected chi connectivity index (χ3v) is 5.86. The van der Waals surface area contributed by atoms with Crippen molar-refractivity contribution >= 4 is 33.9 Å². The van der Waals surface area contributed by atoms with Crippen molar-refractivity contribution in [3.05, 3.63) is 114 Å². The zero-order chi connectivity index (χ0) is 23.3. The minimum atomic E-state index is -0.269. The largest absolute Gasteiger partial charge is 0.489 e. The first-order valence-electron chi connectivity index (χ1n) is 11.3. The lowest BCUT2D eigenvalue weighted by atomic mass is 10.1. The molecule has 0 aliphatic carbocycles. The lowest BCUT2D eigenvalue weighted by molar-refractivity contribution is 0.0955. The number of nitrogens with one attached hydrogen (secondary N) is 1. The summed E-state index contributed by atoms with van der Waals surface area (Å²) in [7, 11) is 0. The lowest BCUT2D eigenvalue weighted by Gasteiger charge is -2.07. The van der Waals surface area contributed by atoms with E-state index < -0.39 is 0 Å². The summed E-state index contributed by atoms with van der Waals surface area (Å²) in [5, 5.41) is 6.56. The highest BCUT2D eigenvalue weighted by atomic mass is 16.5. The molecule has 0 atom stereocenters. The van der Waals surface area contributed by atoms with Gasteiger partial charge in [0.2, 0.25) is 0 Å². The minimum Gasteiger partial charge on any atom is -0.489 e. The third kappa shape index (κ3) is 4.41. The Balaban J connectivity index is 1.25. The second-order valence-corrected chi connectivity index (χ2v) is 8.04. The number of para-hydroxylation sites is 1. The number of aromatic nitrogens is 1. The van der Waals surface area contributed by atoms with E-state index in [-0.39, 0.29) is 5.91 Å². The number of hydrogen-bond donors (Lipinski definition) is 1. The van der Waals surface area contributed by atoms with Crippen LogP contribution < -0.4 is 10.2 Å². The Morgan fingerprint density at radius 2 is 1.62 bits per heavy atom. The first-order chi connectivity index (χ1) is 16.7. The fourth-order valence-electron chi connectivity index (χ4n) is 4.17. The SMILES string of the molecule is CCn1c2ccccc2c2cc(/C=N/NC(=O)c3ccc(OCc4ccccc4)cc3)ccc21. The van der Waals surface area contributed by atoms with Crippen LogP contribution in [-0.2, 0) is 13.2 Å². The fraction of sp³-hybridized carbons (Fsp3) is 0.103. The summed E-state index contributed by atoms with van der Waals surface area (Å²) in [5.41, 5.74) is 7.57. The molecule has 34 heavy (non-hydrogen) atoms. The van der Waals surface area contributed by atoms with Crippen molar-refractivity contribution in [1.82, 2.24) is 9.99 Å². The van der Waals surface area contributed by atoms with Crippen LogP contribution in [0.1, 0.15) is 28.4 Å². The molecule has 1 amide bonds. The van der Waals surface area contributed by atoms with Crippen molar-refractivity contribution in [3.8, 4) is 5.75 Å². The molecule has 0 radical (unpaired) electrons. The lowest BCUT2D eigenvalue weighted by Crippen LogP contribution is -2.17. The van der Waals surface area contributed by atoms with E-state index in [2.05, 4.69) is 58.4 Å². The topological polar surface area (TPSA) is 55.6 Å². The van der Waals surface area contributed by atoms with Crippen LogP contribution in [0, 0.1) is 0 Å². The average Bonchev–Trinajstić information content (AvgIpc) is 3.21. The number of hydrazone groups is 1. The van der Waals surface area contributed by atoms with Crippen LogP contribution in [0.25, 0.3) is 21.8 Å². The summed E-state index contributed by atoms with van der Waals surface area (Å²) in [6.07, 6.45) is 1.67. The number of benzene rings is 4. The maximum absolute atomic E-state index is 12.5. The van der Waals surface area contributed by atoms with E-state index >= 15 is 0 Å². The molecule has 0 aliphatic heterocycles. The highest BCUT2D eigenvalue weighted by molar-refractivity contribution is 6.09. The molecule has 5 nitrogen and oxygen atoms in total. The Hall–Kier alpha value is -4.38. The van der Waals surface area contributed by atoms with E-state index in [9.17, 15) is 4.79 Å². The predicted octanol–water partition coefficient (Wildman–Crippen LogP) is 6.16. The van der Waals surface area contributed by atoms with E-state index in [0.717, 1.165) is 17.7 Å². The molecular weight excluding hydrogens is 422 g/mol. The minimum absolute atomic E-state index is 0.269. The van der Waals surface area contributed by atoms with Gasteiger partial charge in [-0.2, -0.15) is 5.10 Å². The number of amides is 1. The first-order valence-corrected chi connectivity index (χ1v) is 11.3. The number of rotatable bonds is 7. The van der Waals surface area contributed by atoms with Crippen LogP contribution in [0.5, 0.6) is 5.75 Å². The molecular formula is C29H25N3O2. The molecule has 1 heterocycles. The predicted molar refractivity (Wildman–Crippen MR) is 137 cm³/mol. The number of nitrogens with zero attached hydrogens (tertiary/aromatic N) is 2. The molecule has 4 aromatic carbocycles. The quantitative estimate of drug-likeness (QED) is 0.240. The molecule has 0 saturated carbocycles. The number of carbonyl (C=O) groups is 1. The van der Waals surface area contributed by atoms with E-state index in [1.807, 2.05) is 36.4 Å². The van der Waals surface area contributed by atoms with Crippen molar-refractivity contribution in [3.63, 3.8) is 0 Å². The van der Waals surface area contributed by atoms with Gasteiger partial charge in [0.25, 0.3) is 5.91 Å². The maximum atomic E-state index is 12.5.